The summed E-state index contributed by atoms with van der Waals surface area (Å²) in [6.07, 6.45) is 1.53. The first-order valence-electron chi connectivity index (χ1n) is 7.12. The van der Waals surface area contributed by atoms with Crippen molar-refractivity contribution >= 4 is 17.6 Å². The number of anilines is 1. The molecule has 0 spiro atoms. The predicted molar refractivity (Wildman–Crippen MR) is 87.9 cm³/mol. The van der Waals surface area contributed by atoms with Gasteiger partial charge in [-0.25, -0.2) is 14.8 Å². The van der Waals surface area contributed by atoms with Crippen molar-refractivity contribution in [3.05, 3.63) is 72.4 Å². The Morgan fingerprint density at radius 2 is 1.71 bits per heavy atom. The Hall–Kier alpha value is -3.61. The number of rotatable bonds is 4. The van der Waals surface area contributed by atoms with Crippen molar-refractivity contribution in [2.24, 2.45) is 5.73 Å². The highest BCUT2D eigenvalue weighted by Gasteiger charge is 2.25. The number of primary amides is 1. The second-order valence-electron chi connectivity index (χ2n) is 4.84. The van der Waals surface area contributed by atoms with Gasteiger partial charge in [0.15, 0.2) is 5.75 Å². The van der Waals surface area contributed by atoms with Gasteiger partial charge in [-0.05, 0) is 24.3 Å². The molecule has 24 heavy (non-hydrogen) atoms. The van der Waals surface area contributed by atoms with Crippen LogP contribution in [0.25, 0.3) is 0 Å². The van der Waals surface area contributed by atoms with E-state index in [0.29, 0.717) is 17.2 Å². The van der Waals surface area contributed by atoms with Crippen LogP contribution in [-0.4, -0.2) is 22.1 Å². The number of carbonyl (C=O) groups is 2. The fourth-order valence-electron chi connectivity index (χ4n) is 2.18. The summed E-state index contributed by atoms with van der Waals surface area (Å²) >= 11 is 0. The van der Waals surface area contributed by atoms with Gasteiger partial charge in [-0.1, -0.05) is 30.3 Å². The number of nitrogens with one attached hydrogen (secondary N) is 1. The summed E-state index contributed by atoms with van der Waals surface area (Å²) in [6.45, 7) is 0. The summed E-state index contributed by atoms with van der Waals surface area (Å²) in [5.74, 6) is 0.132. The summed E-state index contributed by atoms with van der Waals surface area (Å²) in [6, 6.07) is 15.7. The number of benzene rings is 2. The molecule has 7 heteroatoms. The van der Waals surface area contributed by atoms with Crippen molar-refractivity contribution in [3.8, 4) is 11.6 Å². The van der Waals surface area contributed by atoms with E-state index in [0.717, 1.165) is 4.90 Å². The lowest BCUT2D eigenvalue weighted by Gasteiger charge is -2.21. The van der Waals surface area contributed by atoms with Crippen molar-refractivity contribution in [3.63, 3.8) is 0 Å². The van der Waals surface area contributed by atoms with E-state index in [4.69, 9.17) is 10.5 Å². The molecule has 0 unspecified atom stereocenters. The molecular weight excluding hydrogens is 308 g/mol. The molecule has 2 aromatic carbocycles. The number of aromatic amines is 1. The van der Waals surface area contributed by atoms with Crippen LogP contribution in [0.1, 0.15) is 10.4 Å². The van der Waals surface area contributed by atoms with Gasteiger partial charge in [0.25, 0.3) is 5.91 Å². The molecule has 3 aromatic rings. The lowest BCUT2D eigenvalue weighted by atomic mass is 10.2. The number of carbonyl (C=O) groups excluding carboxylic acids is 2. The average molecular weight is 322 g/mol. The zero-order chi connectivity index (χ0) is 16.9. The number of para-hydroxylation sites is 2. The first-order valence-corrected chi connectivity index (χ1v) is 7.12. The van der Waals surface area contributed by atoms with E-state index in [2.05, 4.69) is 10.2 Å². The molecule has 120 valence electrons. The largest absolute Gasteiger partial charge is 0.437 e. The molecule has 0 atom stereocenters. The third-order valence-electron chi connectivity index (χ3n) is 3.25. The van der Waals surface area contributed by atoms with Crippen molar-refractivity contribution in [1.82, 2.24) is 10.2 Å². The number of amides is 3. The van der Waals surface area contributed by atoms with Crippen LogP contribution < -0.4 is 15.4 Å². The fraction of sp³-hybridized carbons (Fsp3) is 0. The van der Waals surface area contributed by atoms with Crippen LogP contribution in [0.15, 0.2) is 66.9 Å². The molecule has 0 saturated heterocycles. The van der Waals surface area contributed by atoms with Gasteiger partial charge in [-0.15, -0.1) is 0 Å². The van der Waals surface area contributed by atoms with Gasteiger partial charge in [-0.3, -0.25) is 4.79 Å². The van der Waals surface area contributed by atoms with Gasteiger partial charge in [0.05, 0.1) is 11.9 Å². The van der Waals surface area contributed by atoms with Crippen LogP contribution >= 0.6 is 0 Å². The van der Waals surface area contributed by atoms with E-state index in [9.17, 15) is 9.59 Å². The summed E-state index contributed by atoms with van der Waals surface area (Å²) in [7, 11) is 0. The number of nitrogens with zero attached hydrogens (tertiary/aromatic N) is 2. The highest BCUT2D eigenvalue weighted by atomic mass is 16.5. The maximum absolute atomic E-state index is 12.7. The molecular formula is C17H14N4O3. The van der Waals surface area contributed by atoms with E-state index in [1.807, 2.05) is 0 Å². The minimum absolute atomic E-state index is 0.244. The monoisotopic (exact) mass is 322 g/mol. The Balaban J connectivity index is 2.00. The number of ether oxygens (including phenoxy) is 1. The topological polar surface area (TPSA) is 101 Å². The number of hydrogen-bond acceptors (Lipinski definition) is 4. The number of hydrogen-bond donors (Lipinski definition) is 2. The molecule has 0 fully saturated rings. The number of aromatic nitrogens is 2. The standard InChI is InChI=1S/C17H14N4O3/c18-17(23)21(16(22)12-6-2-1-3-7-12)13-8-4-5-9-14(13)24-15-10-11-19-20-15/h1-11H,(H2,18,23)(H,19,20). The highest BCUT2D eigenvalue weighted by Crippen LogP contribution is 2.32. The molecule has 0 aliphatic carbocycles. The molecule has 0 aliphatic rings. The van der Waals surface area contributed by atoms with Gasteiger partial charge >= 0.3 is 6.03 Å². The molecule has 0 radical (unpaired) electrons. The maximum Gasteiger partial charge on any atom is 0.326 e. The molecule has 7 nitrogen and oxygen atoms in total. The molecule has 0 aliphatic heterocycles. The number of imide groups is 1. The number of nitrogens with two attached hydrogens (primary N) is 1. The van der Waals surface area contributed by atoms with Crippen molar-refractivity contribution in [1.29, 1.82) is 0 Å². The van der Waals surface area contributed by atoms with E-state index >= 15 is 0 Å². The van der Waals surface area contributed by atoms with E-state index in [1.165, 1.54) is 6.20 Å². The Morgan fingerprint density at radius 1 is 1.00 bits per heavy atom. The second kappa shape index (κ2) is 6.66. The Bertz CT molecular complexity index is 847. The maximum atomic E-state index is 12.7. The normalized spacial score (nSPS) is 10.2. The molecule has 0 bridgehead atoms. The zero-order valence-electron chi connectivity index (χ0n) is 12.5. The van der Waals surface area contributed by atoms with Crippen LogP contribution in [0, 0.1) is 0 Å². The van der Waals surface area contributed by atoms with Crippen molar-refractivity contribution in [2.75, 3.05) is 4.90 Å². The summed E-state index contributed by atoms with van der Waals surface area (Å²) in [4.78, 5) is 25.5. The highest BCUT2D eigenvalue weighted by molar-refractivity contribution is 6.20. The number of urea groups is 1. The first-order chi connectivity index (χ1) is 11.7. The molecule has 0 saturated carbocycles. The lowest BCUT2D eigenvalue weighted by Crippen LogP contribution is -2.41. The summed E-state index contributed by atoms with van der Waals surface area (Å²) in [5, 5.41) is 6.44. The van der Waals surface area contributed by atoms with Crippen molar-refractivity contribution in [2.45, 2.75) is 0 Å². The summed E-state index contributed by atoms with van der Waals surface area (Å²) < 4.78 is 5.65. The molecule has 3 amide bonds. The molecule has 1 aromatic heterocycles. The second-order valence-corrected chi connectivity index (χ2v) is 4.84. The fourth-order valence-corrected chi connectivity index (χ4v) is 2.18. The SMILES string of the molecule is NC(=O)N(C(=O)c1ccccc1)c1ccccc1Oc1ccn[nH]1. The van der Waals surface area contributed by atoms with Gasteiger partial charge in [0.2, 0.25) is 5.88 Å². The Morgan fingerprint density at radius 3 is 2.38 bits per heavy atom. The quantitative estimate of drug-likeness (QED) is 0.771. The van der Waals surface area contributed by atoms with Crippen LogP contribution in [0.3, 0.4) is 0 Å². The smallest absolute Gasteiger partial charge is 0.326 e. The van der Waals surface area contributed by atoms with E-state index < -0.39 is 11.9 Å². The third-order valence-corrected chi connectivity index (χ3v) is 3.25. The molecule has 3 rings (SSSR count). The minimum atomic E-state index is -0.899. The van der Waals surface area contributed by atoms with Gasteiger partial charge < -0.3 is 10.5 Å². The van der Waals surface area contributed by atoms with Crippen LogP contribution in [-0.2, 0) is 0 Å². The van der Waals surface area contributed by atoms with Crippen LogP contribution in [0.5, 0.6) is 11.6 Å². The molecule has 3 N–H and O–H groups in total. The average Bonchev–Trinajstić information content (AvgIpc) is 3.10. The van der Waals surface area contributed by atoms with Gasteiger partial charge in [0, 0.05) is 11.6 Å². The number of H-pyrrole nitrogens is 1. The molecule has 1 heterocycles. The Labute approximate surface area is 137 Å². The zero-order valence-corrected chi connectivity index (χ0v) is 12.5. The predicted octanol–water partition coefficient (Wildman–Crippen LogP) is 2.93. The van der Waals surface area contributed by atoms with Crippen LogP contribution in [0.2, 0.25) is 0 Å². The van der Waals surface area contributed by atoms with Gasteiger partial charge in [0.1, 0.15) is 0 Å². The summed E-state index contributed by atoms with van der Waals surface area (Å²) in [5.41, 5.74) is 6.02. The van der Waals surface area contributed by atoms with Crippen molar-refractivity contribution < 1.29 is 14.3 Å². The van der Waals surface area contributed by atoms with E-state index in [-0.39, 0.29) is 5.69 Å². The minimum Gasteiger partial charge on any atom is -0.437 e. The Kier molecular flexibility index (Phi) is 4.24. The van der Waals surface area contributed by atoms with E-state index in [1.54, 1.807) is 60.7 Å². The van der Waals surface area contributed by atoms with Gasteiger partial charge in [-0.2, -0.15) is 5.10 Å². The third kappa shape index (κ3) is 3.09. The first kappa shape index (κ1) is 15.3. The van der Waals surface area contributed by atoms with Crippen LogP contribution in [0.4, 0.5) is 10.5 Å². The lowest BCUT2D eigenvalue weighted by molar-refractivity contribution is 0.0994.